The van der Waals surface area contributed by atoms with Gasteiger partial charge in [0.1, 0.15) is 11.6 Å². The van der Waals surface area contributed by atoms with Crippen LogP contribution in [0.4, 0.5) is 8.78 Å². The van der Waals surface area contributed by atoms with Gasteiger partial charge in [0.25, 0.3) is 0 Å². The Hall–Kier alpha value is -1.04. The molecule has 102 valence electrons. The van der Waals surface area contributed by atoms with Crippen molar-refractivity contribution in [3.05, 3.63) is 34.9 Å². The predicted octanol–water partition coefficient (Wildman–Crippen LogP) is 2.45. The first-order chi connectivity index (χ1) is 8.51. The summed E-state index contributed by atoms with van der Waals surface area (Å²) in [6.07, 6.45) is 0.502. The van der Waals surface area contributed by atoms with E-state index in [2.05, 4.69) is 5.43 Å². The summed E-state index contributed by atoms with van der Waals surface area (Å²) in [5.74, 6) is 4.44. The molecule has 5 heteroatoms. The second kappa shape index (κ2) is 6.78. The van der Waals surface area contributed by atoms with Gasteiger partial charge < -0.3 is 4.74 Å². The molecule has 0 aliphatic rings. The molecule has 0 fully saturated rings. The fraction of sp³-hybridized carbons (Fsp3) is 0.538. The van der Waals surface area contributed by atoms with E-state index in [1.54, 1.807) is 14.0 Å². The van der Waals surface area contributed by atoms with Crippen LogP contribution in [-0.4, -0.2) is 13.7 Å². The summed E-state index contributed by atoms with van der Waals surface area (Å²) >= 11 is 0. The lowest BCUT2D eigenvalue weighted by Gasteiger charge is -2.21. The number of ether oxygens (including phenoxy) is 1. The van der Waals surface area contributed by atoms with Crippen molar-refractivity contribution in [1.29, 1.82) is 0 Å². The quantitative estimate of drug-likeness (QED) is 0.608. The van der Waals surface area contributed by atoms with Crippen LogP contribution in [0, 0.1) is 24.5 Å². The van der Waals surface area contributed by atoms with Crippen LogP contribution in [0.3, 0.4) is 0 Å². The molecule has 0 spiro atoms. The molecule has 0 saturated heterocycles. The highest BCUT2D eigenvalue weighted by Crippen LogP contribution is 2.27. The number of nitrogens with two attached hydrogens (primary N) is 1. The zero-order valence-corrected chi connectivity index (χ0v) is 11.0. The van der Waals surface area contributed by atoms with Crippen LogP contribution in [0.2, 0.25) is 0 Å². The van der Waals surface area contributed by atoms with E-state index >= 15 is 0 Å². The van der Waals surface area contributed by atoms with Gasteiger partial charge in [-0.25, -0.2) is 8.78 Å². The maximum Gasteiger partial charge on any atom is 0.133 e. The molecule has 1 aromatic carbocycles. The minimum Gasteiger partial charge on any atom is -0.384 e. The summed E-state index contributed by atoms with van der Waals surface area (Å²) in [7, 11) is 1.59. The highest BCUT2D eigenvalue weighted by atomic mass is 19.1. The molecule has 0 aromatic heterocycles. The molecule has 0 aliphatic heterocycles. The van der Waals surface area contributed by atoms with Gasteiger partial charge in [0.2, 0.25) is 0 Å². The molecule has 3 nitrogen and oxygen atoms in total. The number of rotatable bonds is 6. The van der Waals surface area contributed by atoms with E-state index < -0.39 is 17.7 Å². The fourth-order valence-corrected chi connectivity index (χ4v) is 2.02. The summed E-state index contributed by atoms with van der Waals surface area (Å²) in [4.78, 5) is 0. The Bertz CT molecular complexity index is 399. The van der Waals surface area contributed by atoms with Gasteiger partial charge >= 0.3 is 0 Å². The molecule has 3 N–H and O–H groups in total. The normalized spacial score (nSPS) is 14.6. The average molecular weight is 258 g/mol. The smallest absolute Gasteiger partial charge is 0.133 e. The van der Waals surface area contributed by atoms with Gasteiger partial charge in [0, 0.05) is 19.3 Å². The van der Waals surface area contributed by atoms with Crippen molar-refractivity contribution in [3.63, 3.8) is 0 Å². The van der Waals surface area contributed by atoms with E-state index in [9.17, 15) is 8.78 Å². The average Bonchev–Trinajstić information content (AvgIpc) is 2.33. The molecule has 1 rings (SSSR count). The second-order valence-electron chi connectivity index (χ2n) is 4.61. The molecule has 0 radical (unpaired) electrons. The zero-order chi connectivity index (χ0) is 13.7. The van der Waals surface area contributed by atoms with Gasteiger partial charge in [0.15, 0.2) is 0 Å². The highest BCUT2D eigenvalue weighted by molar-refractivity contribution is 5.29. The van der Waals surface area contributed by atoms with Crippen LogP contribution < -0.4 is 11.3 Å². The van der Waals surface area contributed by atoms with Gasteiger partial charge in [0.05, 0.1) is 6.04 Å². The van der Waals surface area contributed by atoms with E-state index in [0.29, 0.717) is 18.6 Å². The molecule has 18 heavy (non-hydrogen) atoms. The number of hydrogen-bond donors (Lipinski definition) is 2. The molecule has 0 bridgehead atoms. The molecule has 1 aromatic rings. The lowest BCUT2D eigenvalue weighted by atomic mass is 9.94. The summed E-state index contributed by atoms with van der Waals surface area (Å²) < 4.78 is 32.7. The summed E-state index contributed by atoms with van der Waals surface area (Å²) in [5.41, 5.74) is 2.89. The zero-order valence-electron chi connectivity index (χ0n) is 11.0. The third kappa shape index (κ3) is 3.48. The molecule has 0 aliphatic carbocycles. The largest absolute Gasteiger partial charge is 0.384 e. The van der Waals surface area contributed by atoms with E-state index in [1.807, 2.05) is 6.92 Å². The Kier molecular flexibility index (Phi) is 5.65. The molecule has 0 saturated carbocycles. The van der Waals surface area contributed by atoms with Crippen LogP contribution in [-0.2, 0) is 4.74 Å². The number of benzene rings is 1. The Morgan fingerprint density at radius 3 is 2.61 bits per heavy atom. The number of hydrogen-bond acceptors (Lipinski definition) is 3. The van der Waals surface area contributed by atoms with Gasteiger partial charge in [-0.15, -0.1) is 0 Å². The van der Waals surface area contributed by atoms with Crippen molar-refractivity contribution >= 4 is 0 Å². The molecule has 0 amide bonds. The Morgan fingerprint density at radius 1 is 1.39 bits per heavy atom. The Labute approximate surface area is 106 Å². The maximum atomic E-state index is 14.0. The Balaban J connectivity index is 2.98. The van der Waals surface area contributed by atoms with E-state index in [4.69, 9.17) is 10.6 Å². The van der Waals surface area contributed by atoms with Gasteiger partial charge in [-0.3, -0.25) is 11.3 Å². The first-order valence-corrected chi connectivity index (χ1v) is 5.90. The number of nitrogens with one attached hydrogen (secondary N) is 1. The first-order valence-electron chi connectivity index (χ1n) is 5.90. The molecular weight excluding hydrogens is 238 g/mol. The van der Waals surface area contributed by atoms with E-state index in [-0.39, 0.29) is 11.5 Å². The number of hydrazine groups is 1. The lowest BCUT2D eigenvalue weighted by molar-refractivity contribution is 0.148. The lowest BCUT2D eigenvalue weighted by Crippen LogP contribution is -2.31. The minimum absolute atomic E-state index is 0.000420. The summed E-state index contributed by atoms with van der Waals surface area (Å²) in [6.45, 7) is 4.07. The van der Waals surface area contributed by atoms with Gasteiger partial charge in [-0.2, -0.15) is 0 Å². The standard InChI is InChI=1S/C13H20F2N2O/c1-8(7-18-3)6-11(17-16)12-10(14)5-4-9(2)13(12)15/h4-5,8,11,17H,6-7,16H2,1-3H3. The van der Waals surface area contributed by atoms with Crippen molar-refractivity contribution in [2.45, 2.75) is 26.3 Å². The molecule has 0 heterocycles. The third-order valence-corrected chi connectivity index (χ3v) is 2.96. The first kappa shape index (κ1) is 15.0. The van der Waals surface area contributed by atoms with Gasteiger partial charge in [-0.05, 0) is 30.9 Å². The minimum atomic E-state index is -0.578. The van der Waals surface area contributed by atoms with Crippen LogP contribution in [0.25, 0.3) is 0 Å². The predicted molar refractivity (Wildman–Crippen MR) is 66.8 cm³/mol. The summed E-state index contributed by atoms with van der Waals surface area (Å²) in [5, 5.41) is 0. The number of aryl methyl sites for hydroxylation is 1. The van der Waals surface area contributed by atoms with Crippen molar-refractivity contribution in [2.24, 2.45) is 11.8 Å². The highest BCUT2D eigenvalue weighted by Gasteiger charge is 2.22. The SMILES string of the molecule is COCC(C)CC(NN)c1c(F)ccc(C)c1F. The molecule has 2 atom stereocenters. The fourth-order valence-electron chi connectivity index (χ4n) is 2.02. The van der Waals surface area contributed by atoms with Crippen molar-refractivity contribution in [2.75, 3.05) is 13.7 Å². The van der Waals surface area contributed by atoms with Crippen molar-refractivity contribution < 1.29 is 13.5 Å². The summed E-state index contributed by atoms with van der Waals surface area (Å²) in [6, 6.07) is 2.12. The Morgan fingerprint density at radius 2 is 2.06 bits per heavy atom. The van der Waals surface area contributed by atoms with E-state index in [0.717, 1.165) is 0 Å². The second-order valence-corrected chi connectivity index (χ2v) is 4.61. The third-order valence-electron chi connectivity index (χ3n) is 2.96. The van der Waals surface area contributed by atoms with Crippen LogP contribution in [0.5, 0.6) is 0 Å². The van der Waals surface area contributed by atoms with Crippen LogP contribution in [0.15, 0.2) is 12.1 Å². The van der Waals surface area contributed by atoms with Crippen LogP contribution >= 0.6 is 0 Å². The maximum absolute atomic E-state index is 14.0. The monoisotopic (exact) mass is 258 g/mol. The van der Waals surface area contributed by atoms with Gasteiger partial charge in [-0.1, -0.05) is 13.0 Å². The molecular formula is C13H20F2N2O. The van der Waals surface area contributed by atoms with Crippen molar-refractivity contribution in [3.8, 4) is 0 Å². The van der Waals surface area contributed by atoms with Crippen molar-refractivity contribution in [1.82, 2.24) is 5.43 Å². The van der Waals surface area contributed by atoms with E-state index in [1.165, 1.54) is 12.1 Å². The topological polar surface area (TPSA) is 47.3 Å². The number of methoxy groups -OCH3 is 1. The molecule has 2 unspecified atom stereocenters. The van der Waals surface area contributed by atoms with Crippen LogP contribution in [0.1, 0.15) is 30.5 Å². The number of halogens is 2.